The average Bonchev–Trinajstić information content (AvgIpc) is 2.86. The van der Waals surface area contributed by atoms with Gasteiger partial charge in [-0.2, -0.15) is 0 Å². The number of thiazole rings is 1. The Balaban J connectivity index is 0.00000288. The molecule has 0 atom stereocenters. The largest absolute Gasteiger partial charge is 0.494 e. The first-order valence-electron chi connectivity index (χ1n) is 7.71. The van der Waals surface area contributed by atoms with Crippen molar-refractivity contribution >= 4 is 41.3 Å². The molecule has 24 heavy (non-hydrogen) atoms. The van der Waals surface area contributed by atoms with Gasteiger partial charge in [0.1, 0.15) is 5.75 Å². The molecule has 5 nitrogen and oxygen atoms in total. The number of aryl methyl sites for hydroxylation is 2. The summed E-state index contributed by atoms with van der Waals surface area (Å²) < 4.78 is 5.52. The molecule has 0 spiro atoms. The fourth-order valence-electron chi connectivity index (χ4n) is 2.22. The molecule has 0 aliphatic heterocycles. The van der Waals surface area contributed by atoms with Gasteiger partial charge < -0.3 is 15.4 Å². The van der Waals surface area contributed by atoms with Crippen LogP contribution in [0.2, 0.25) is 0 Å². The van der Waals surface area contributed by atoms with E-state index in [4.69, 9.17) is 4.74 Å². The fourth-order valence-corrected chi connectivity index (χ4v) is 3.10. The molecule has 2 aromatic rings. The number of nitrogens with zero attached hydrogens (tertiary/aromatic N) is 2. The third-order valence-corrected chi connectivity index (χ3v) is 4.38. The molecule has 0 saturated heterocycles. The molecule has 0 aliphatic rings. The number of benzene rings is 1. The van der Waals surface area contributed by atoms with Gasteiger partial charge in [-0.15, -0.1) is 35.3 Å². The van der Waals surface area contributed by atoms with E-state index in [9.17, 15) is 0 Å². The van der Waals surface area contributed by atoms with Crippen LogP contribution < -0.4 is 15.4 Å². The molecule has 0 amide bonds. The van der Waals surface area contributed by atoms with Crippen LogP contribution in [0.5, 0.6) is 5.75 Å². The second kappa shape index (κ2) is 10.5. The predicted octanol–water partition coefficient (Wildman–Crippen LogP) is 3.64. The maximum atomic E-state index is 5.52. The smallest absolute Gasteiger partial charge is 0.191 e. The second-order valence-electron chi connectivity index (χ2n) is 5.10. The topological polar surface area (TPSA) is 58.5 Å². The van der Waals surface area contributed by atoms with E-state index in [-0.39, 0.29) is 24.0 Å². The van der Waals surface area contributed by atoms with Crippen molar-refractivity contribution in [2.75, 3.05) is 13.7 Å². The highest BCUT2D eigenvalue weighted by Crippen LogP contribution is 2.16. The first-order chi connectivity index (χ1) is 11.1. The number of ether oxygens (including phenoxy) is 1. The van der Waals surface area contributed by atoms with Crippen LogP contribution in [0.4, 0.5) is 0 Å². The summed E-state index contributed by atoms with van der Waals surface area (Å²) in [7, 11) is 1.77. The van der Waals surface area contributed by atoms with Crippen molar-refractivity contribution < 1.29 is 4.74 Å². The van der Waals surface area contributed by atoms with Crippen molar-refractivity contribution in [3.63, 3.8) is 0 Å². The van der Waals surface area contributed by atoms with Crippen LogP contribution in [0.25, 0.3) is 0 Å². The van der Waals surface area contributed by atoms with Gasteiger partial charge in [0.15, 0.2) is 5.96 Å². The Kier molecular flexibility index (Phi) is 9.05. The van der Waals surface area contributed by atoms with E-state index < -0.39 is 0 Å². The molecule has 0 aliphatic carbocycles. The van der Waals surface area contributed by atoms with E-state index in [0.717, 1.165) is 34.5 Å². The van der Waals surface area contributed by atoms with Crippen LogP contribution in [-0.2, 0) is 13.1 Å². The van der Waals surface area contributed by atoms with Gasteiger partial charge in [-0.1, -0.05) is 12.1 Å². The maximum Gasteiger partial charge on any atom is 0.191 e. The summed E-state index contributed by atoms with van der Waals surface area (Å²) in [4.78, 5) is 9.94. The molecule has 0 bridgehead atoms. The van der Waals surface area contributed by atoms with E-state index in [1.54, 1.807) is 18.4 Å². The third-order valence-electron chi connectivity index (χ3n) is 3.31. The van der Waals surface area contributed by atoms with Gasteiger partial charge in [-0.25, -0.2) is 4.98 Å². The Hall–Kier alpha value is -1.35. The van der Waals surface area contributed by atoms with E-state index >= 15 is 0 Å². The molecule has 1 aromatic heterocycles. The van der Waals surface area contributed by atoms with Crippen LogP contribution in [0.15, 0.2) is 29.3 Å². The minimum atomic E-state index is 0. The zero-order valence-corrected chi connectivity index (χ0v) is 17.7. The molecular formula is C17H25IN4OS. The Morgan fingerprint density at radius 3 is 2.62 bits per heavy atom. The molecule has 7 heteroatoms. The lowest BCUT2D eigenvalue weighted by Crippen LogP contribution is -2.36. The number of hydrogen-bond acceptors (Lipinski definition) is 4. The Bertz CT molecular complexity index is 672. The molecular weight excluding hydrogens is 435 g/mol. The molecule has 132 valence electrons. The number of aliphatic imine (C=N–C) groups is 1. The zero-order valence-electron chi connectivity index (χ0n) is 14.5. The van der Waals surface area contributed by atoms with Gasteiger partial charge in [0, 0.05) is 18.5 Å². The Morgan fingerprint density at radius 1 is 1.25 bits per heavy atom. The zero-order chi connectivity index (χ0) is 16.7. The number of nitrogens with one attached hydrogen (secondary N) is 2. The predicted molar refractivity (Wildman–Crippen MR) is 112 cm³/mol. The Labute approximate surface area is 165 Å². The van der Waals surface area contributed by atoms with E-state index in [1.807, 2.05) is 39.0 Å². The SMILES string of the molecule is CCOc1cccc(CNC(=NC)NCc2sc(C)nc2C)c1.I. The molecule has 0 radical (unpaired) electrons. The van der Waals surface area contributed by atoms with Gasteiger partial charge >= 0.3 is 0 Å². The first-order valence-corrected chi connectivity index (χ1v) is 8.53. The van der Waals surface area contributed by atoms with Gasteiger partial charge in [-0.05, 0) is 38.5 Å². The number of guanidine groups is 1. The summed E-state index contributed by atoms with van der Waals surface area (Å²) in [5.41, 5.74) is 2.24. The summed E-state index contributed by atoms with van der Waals surface area (Å²) in [6.07, 6.45) is 0. The van der Waals surface area contributed by atoms with E-state index in [0.29, 0.717) is 13.2 Å². The van der Waals surface area contributed by atoms with Gasteiger partial charge in [-0.3, -0.25) is 4.99 Å². The van der Waals surface area contributed by atoms with Gasteiger partial charge in [0.2, 0.25) is 0 Å². The highest BCUT2D eigenvalue weighted by Gasteiger charge is 2.06. The molecule has 2 N–H and O–H groups in total. The normalized spacial score (nSPS) is 10.9. The minimum absolute atomic E-state index is 0. The van der Waals surface area contributed by atoms with E-state index in [2.05, 4.69) is 26.7 Å². The summed E-state index contributed by atoms with van der Waals surface area (Å²) in [5, 5.41) is 7.74. The monoisotopic (exact) mass is 460 g/mol. The van der Waals surface area contributed by atoms with Crippen molar-refractivity contribution in [3.8, 4) is 5.75 Å². The summed E-state index contributed by atoms with van der Waals surface area (Å²) in [5.74, 6) is 1.67. The van der Waals surface area contributed by atoms with Gasteiger partial charge in [0.05, 0.1) is 23.9 Å². The molecule has 1 heterocycles. The summed E-state index contributed by atoms with van der Waals surface area (Å²) in [6.45, 7) is 8.15. The van der Waals surface area contributed by atoms with Crippen LogP contribution >= 0.6 is 35.3 Å². The van der Waals surface area contributed by atoms with Crippen LogP contribution in [0, 0.1) is 13.8 Å². The van der Waals surface area contributed by atoms with E-state index in [1.165, 1.54) is 4.88 Å². The highest BCUT2D eigenvalue weighted by atomic mass is 127. The van der Waals surface area contributed by atoms with Crippen molar-refractivity contribution in [1.82, 2.24) is 15.6 Å². The fraction of sp³-hybridized carbons (Fsp3) is 0.412. The Morgan fingerprint density at radius 2 is 2.00 bits per heavy atom. The third kappa shape index (κ3) is 6.27. The second-order valence-corrected chi connectivity index (χ2v) is 6.39. The molecule has 2 rings (SSSR count). The minimum Gasteiger partial charge on any atom is -0.494 e. The number of hydrogen-bond donors (Lipinski definition) is 2. The van der Waals surface area contributed by atoms with Crippen molar-refractivity contribution in [1.29, 1.82) is 0 Å². The molecule has 1 aromatic carbocycles. The maximum absolute atomic E-state index is 5.52. The highest BCUT2D eigenvalue weighted by molar-refractivity contribution is 14.0. The van der Waals surface area contributed by atoms with Crippen molar-refractivity contribution in [3.05, 3.63) is 45.4 Å². The van der Waals surface area contributed by atoms with Gasteiger partial charge in [0.25, 0.3) is 0 Å². The first kappa shape index (κ1) is 20.7. The van der Waals surface area contributed by atoms with Crippen molar-refractivity contribution in [2.45, 2.75) is 33.9 Å². The molecule has 0 fully saturated rings. The molecule has 0 unspecified atom stereocenters. The standard InChI is InChI=1S/C17H24N4OS.HI/c1-5-22-15-8-6-7-14(9-15)10-19-17(18-4)20-11-16-12(2)21-13(3)23-16;/h6-9H,5,10-11H2,1-4H3,(H2,18,19,20);1H. The molecule has 0 saturated carbocycles. The summed E-state index contributed by atoms with van der Waals surface area (Å²) in [6, 6.07) is 8.08. The van der Waals surface area contributed by atoms with Crippen molar-refractivity contribution in [2.24, 2.45) is 4.99 Å². The quantitative estimate of drug-likeness (QED) is 0.393. The lowest BCUT2D eigenvalue weighted by Gasteiger charge is -2.12. The average molecular weight is 460 g/mol. The number of rotatable bonds is 6. The lowest BCUT2D eigenvalue weighted by molar-refractivity contribution is 0.340. The lowest BCUT2D eigenvalue weighted by atomic mass is 10.2. The van der Waals surface area contributed by atoms with Crippen LogP contribution in [0.3, 0.4) is 0 Å². The summed E-state index contributed by atoms with van der Waals surface area (Å²) >= 11 is 1.72. The van der Waals surface area contributed by atoms with Crippen LogP contribution in [-0.4, -0.2) is 24.6 Å². The number of halogens is 1. The number of aromatic nitrogens is 1. The van der Waals surface area contributed by atoms with Crippen LogP contribution in [0.1, 0.15) is 28.1 Å².